The van der Waals surface area contributed by atoms with Crippen molar-refractivity contribution >= 4 is 27.3 Å². The van der Waals surface area contributed by atoms with Crippen LogP contribution in [0.5, 0.6) is 0 Å². The van der Waals surface area contributed by atoms with E-state index in [0.29, 0.717) is 4.31 Å². The Morgan fingerprint density at radius 1 is 1.35 bits per heavy atom. The third-order valence-electron chi connectivity index (χ3n) is 2.47. The summed E-state index contributed by atoms with van der Waals surface area (Å²) in [6, 6.07) is 2.67. The summed E-state index contributed by atoms with van der Waals surface area (Å²) in [5.41, 5.74) is 5.35. The molecule has 0 saturated heterocycles. The zero-order valence-electron chi connectivity index (χ0n) is 10.8. The van der Waals surface area contributed by atoms with E-state index in [2.05, 4.69) is 0 Å². The number of hydrogen-bond donors (Lipinski definition) is 1. The molecule has 4 nitrogen and oxygen atoms in total. The number of alkyl halides is 3. The number of anilines is 1. The Morgan fingerprint density at radius 3 is 2.30 bits per heavy atom. The molecule has 0 bridgehead atoms. The Hall–Kier alpha value is -0.990. The fourth-order valence-corrected chi connectivity index (χ4v) is 3.50. The van der Waals surface area contributed by atoms with Crippen LogP contribution in [0.1, 0.15) is 13.8 Å². The number of nitrogens with zero attached hydrogens (tertiary/aromatic N) is 1. The van der Waals surface area contributed by atoms with Crippen molar-refractivity contribution in [3.05, 3.63) is 23.2 Å². The first-order valence-electron chi connectivity index (χ1n) is 5.59. The number of nitrogen functional groups attached to an aromatic ring is 1. The average Bonchev–Trinajstić information content (AvgIpc) is 2.23. The van der Waals surface area contributed by atoms with Gasteiger partial charge in [-0.05, 0) is 32.0 Å². The van der Waals surface area contributed by atoms with Crippen LogP contribution in [-0.2, 0) is 10.0 Å². The van der Waals surface area contributed by atoms with Gasteiger partial charge in [-0.2, -0.15) is 17.5 Å². The van der Waals surface area contributed by atoms with Crippen LogP contribution in [0, 0.1) is 0 Å². The van der Waals surface area contributed by atoms with Crippen LogP contribution in [0.25, 0.3) is 0 Å². The second-order valence-corrected chi connectivity index (χ2v) is 6.74. The topological polar surface area (TPSA) is 63.4 Å². The molecule has 0 aromatic heterocycles. The highest BCUT2D eigenvalue weighted by Crippen LogP contribution is 2.29. The lowest BCUT2D eigenvalue weighted by Crippen LogP contribution is -2.43. The van der Waals surface area contributed by atoms with Crippen molar-refractivity contribution in [3.8, 4) is 0 Å². The molecule has 0 heterocycles. The van der Waals surface area contributed by atoms with Crippen LogP contribution in [0.15, 0.2) is 23.1 Å². The van der Waals surface area contributed by atoms with Gasteiger partial charge in [0, 0.05) is 11.1 Å². The minimum absolute atomic E-state index is 0.190. The van der Waals surface area contributed by atoms with Crippen LogP contribution < -0.4 is 5.73 Å². The molecule has 20 heavy (non-hydrogen) atoms. The van der Waals surface area contributed by atoms with Crippen molar-refractivity contribution in [3.63, 3.8) is 0 Å². The SMILES string of the molecule is CC(C)N(CC(F)(F)F)S(=O)(=O)c1ccc(Cl)cc1N. The van der Waals surface area contributed by atoms with Gasteiger partial charge in [0.1, 0.15) is 11.4 Å². The lowest BCUT2D eigenvalue weighted by molar-refractivity contribution is -0.138. The van der Waals surface area contributed by atoms with Gasteiger partial charge in [0.05, 0.1) is 5.69 Å². The molecular weight excluding hydrogens is 317 g/mol. The third kappa shape index (κ3) is 4.00. The molecule has 0 saturated carbocycles. The fraction of sp³-hybridized carbons (Fsp3) is 0.455. The van der Waals surface area contributed by atoms with Gasteiger partial charge in [0.15, 0.2) is 0 Å². The summed E-state index contributed by atoms with van der Waals surface area (Å²) < 4.78 is 62.5. The summed E-state index contributed by atoms with van der Waals surface area (Å²) >= 11 is 5.65. The molecule has 0 amide bonds. The highest BCUT2D eigenvalue weighted by atomic mass is 35.5. The Labute approximate surface area is 120 Å². The fourth-order valence-electron chi connectivity index (χ4n) is 1.60. The van der Waals surface area contributed by atoms with Crippen LogP contribution in [-0.4, -0.2) is 31.5 Å². The van der Waals surface area contributed by atoms with Crippen molar-refractivity contribution < 1.29 is 21.6 Å². The van der Waals surface area contributed by atoms with Gasteiger partial charge >= 0.3 is 6.18 Å². The van der Waals surface area contributed by atoms with Crippen molar-refractivity contribution in [2.45, 2.75) is 31.0 Å². The van der Waals surface area contributed by atoms with E-state index in [1.54, 1.807) is 0 Å². The van der Waals surface area contributed by atoms with E-state index in [1.807, 2.05) is 0 Å². The molecule has 9 heteroatoms. The highest BCUT2D eigenvalue weighted by Gasteiger charge is 2.39. The molecule has 1 rings (SSSR count). The summed E-state index contributed by atoms with van der Waals surface area (Å²) in [7, 11) is -4.35. The second-order valence-electron chi connectivity index (χ2n) is 4.44. The monoisotopic (exact) mass is 330 g/mol. The molecular formula is C11H14ClF3N2O2S. The van der Waals surface area contributed by atoms with E-state index in [9.17, 15) is 21.6 Å². The zero-order valence-corrected chi connectivity index (χ0v) is 12.4. The summed E-state index contributed by atoms with van der Waals surface area (Å²) in [6.45, 7) is 1.14. The standard InChI is InChI=1S/C11H14ClF3N2O2S/c1-7(2)17(6-11(13,14)15)20(18,19)10-4-3-8(12)5-9(10)16/h3-5,7H,6,16H2,1-2H3. The smallest absolute Gasteiger partial charge is 0.398 e. The molecule has 1 aromatic rings. The first kappa shape index (κ1) is 17.1. The molecule has 0 atom stereocenters. The lowest BCUT2D eigenvalue weighted by Gasteiger charge is -2.27. The highest BCUT2D eigenvalue weighted by molar-refractivity contribution is 7.89. The van der Waals surface area contributed by atoms with Crippen LogP contribution in [0.4, 0.5) is 18.9 Å². The van der Waals surface area contributed by atoms with Crippen LogP contribution >= 0.6 is 11.6 Å². The van der Waals surface area contributed by atoms with Gasteiger partial charge in [-0.1, -0.05) is 11.6 Å². The second kappa shape index (κ2) is 5.79. The number of rotatable bonds is 4. The molecule has 0 aliphatic carbocycles. The predicted octanol–water partition coefficient (Wildman–Crippen LogP) is 2.88. The van der Waals surface area contributed by atoms with Gasteiger partial charge in [0.25, 0.3) is 0 Å². The van der Waals surface area contributed by atoms with Crippen molar-refractivity contribution in [2.75, 3.05) is 12.3 Å². The maximum Gasteiger partial charge on any atom is 0.402 e. The van der Waals surface area contributed by atoms with E-state index in [0.717, 1.165) is 6.07 Å². The van der Waals surface area contributed by atoms with Crippen molar-refractivity contribution in [1.82, 2.24) is 4.31 Å². The Kier molecular flexibility index (Phi) is 4.94. The van der Waals surface area contributed by atoms with E-state index in [-0.39, 0.29) is 15.6 Å². The molecule has 0 fully saturated rings. The predicted molar refractivity (Wildman–Crippen MR) is 70.9 cm³/mol. The minimum atomic E-state index is -4.64. The van der Waals surface area contributed by atoms with Gasteiger partial charge in [0.2, 0.25) is 10.0 Å². The maximum atomic E-state index is 12.5. The molecule has 0 radical (unpaired) electrons. The average molecular weight is 331 g/mol. The molecule has 0 unspecified atom stereocenters. The first-order chi connectivity index (χ1) is 8.95. The summed E-state index contributed by atoms with van der Waals surface area (Å²) in [4.78, 5) is -0.389. The third-order valence-corrected chi connectivity index (χ3v) is 4.80. The number of sulfonamides is 1. The normalized spacial score (nSPS) is 13.2. The largest absolute Gasteiger partial charge is 0.402 e. The quantitative estimate of drug-likeness (QED) is 0.863. The van der Waals surface area contributed by atoms with E-state index in [4.69, 9.17) is 17.3 Å². The summed E-state index contributed by atoms with van der Waals surface area (Å²) in [5.74, 6) is 0. The van der Waals surface area contributed by atoms with Crippen molar-refractivity contribution in [1.29, 1.82) is 0 Å². The summed E-state index contributed by atoms with van der Waals surface area (Å²) in [6.07, 6.45) is -4.64. The summed E-state index contributed by atoms with van der Waals surface area (Å²) in [5, 5.41) is 0.202. The minimum Gasteiger partial charge on any atom is -0.398 e. The lowest BCUT2D eigenvalue weighted by atomic mass is 10.3. The maximum absolute atomic E-state index is 12.5. The molecule has 0 aliphatic heterocycles. The van der Waals surface area contributed by atoms with Gasteiger partial charge in [-0.25, -0.2) is 8.42 Å². The van der Waals surface area contributed by atoms with Crippen molar-refractivity contribution in [2.24, 2.45) is 0 Å². The molecule has 0 aliphatic rings. The Balaban J connectivity index is 3.30. The Bertz CT molecular complexity index is 588. The van der Waals surface area contributed by atoms with E-state index < -0.39 is 28.8 Å². The molecule has 0 spiro atoms. The number of benzene rings is 1. The molecule has 2 N–H and O–H groups in total. The molecule has 1 aromatic carbocycles. The number of halogens is 4. The van der Waals surface area contributed by atoms with Crippen LogP contribution in [0.2, 0.25) is 5.02 Å². The van der Waals surface area contributed by atoms with Gasteiger partial charge in [-0.3, -0.25) is 0 Å². The van der Waals surface area contributed by atoms with Crippen LogP contribution in [0.3, 0.4) is 0 Å². The van der Waals surface area contributed by atoms with E-state index in [1.165, 1.54) is 26.0 Å². The number of hydrogen-bond acceptors (Lipinski definition) is 3. The van der Waals surface area contributed by atoms with E-state index >= 15 is 0 Å². The Morgan fingerprint density at radius 2 is 1.90 bits per heavy atom. The molecule has 114 valence electrons. The number of nitrogens with two attached hydrogens (primary N) is 1. The first-order valence-corrected chi connectivity index (χ1v) is 7.40. The zero-order chi connectivity index (χ0) is 15.7. The van der Waals surface area contributed by atoms with Gasteiger partial charge in [-0.15, -0.1) is 0 Å². The van der Waals surface area contributed by atoms with Gasteiger partial charge < -0.3 is 5.73 Å².